The molecule has 53 heavy (non-hydrogen) atoms. The molecule has 0 aliphatic heterocycles. The standard InChI is InChI=1S/C49H41N3Si/c1-49(2)44-31-37(24-27-42(44)43-28-23-33-15-9-10-20-41(33)45(43)49)36-17-12-19-39(30-36)48-51-46(34-21-25-40(26-22-34)53(3,4)5)50-47(52-48)38-18-11-16-35(29-38)32-13-7-6-8-14-32/h6-31H,1-5H3. The monoisotopic (exact) mass is 699 g/mol. The molecule has 0 unspecified atom stereocenters. The minimum atomic E-state index is -1.46. The fourth-order valence-corrected chi connectivity index (χ4v) is 9.14. The summed E-state index contributed by atoms with van der Waals surface area (Å²) in [6, 6.07) is 56.7. The summed E-state index contributed by atoms with van der Waals surface area (Å²) in [5.41, 5.74) is 12.8. The van der Waals surface area contributed by atoms with E-state index in [9.17, 15) is 0 Å². The third-order valence-corrected chi connectivity index (χ3v) is 12.9. The van der Waals surface area contributed by atoms with Crippen LogP contribution in [0.15, 0.2) is 158 Å². The highest BCUT2D eigenvalue weighted by atomic mass is 28.3. The van der Waals surface area contributed by atoms with E-state index in [1.807, 2.05) is 6.07 Å². The van der Waals surface area contributed by atoms with E-state index in [4.69, 9.17) is 15.0 Å². The molecule has 1 aliphatic carbocycles. The van der Waals surface area contributed by atoms with Crippen molar-refractivity contribution in [2.75, 3.05) is 0 Å². The zero-order valence-corrected chi connectivity index (χ0v) is 31.9. The Bertz CT molecular complexity index is 2670. The zero-order chi connectivity index (χ0) is 36.3. The van der Waals surface area contributed by atoms with Gasteiger partial charge in [0, 0.05) is 22.1 Å². The normalized spacial score (nSPS) is 13.2. The van der Waals surface area contributed by atoms with E-state index in [0.29, 0.717) is 17.5 Å². The van der Waals surface area contributed by atoms with E-state index in [0.717, 1.165) is 33.4 Å². The Kier molecular flexibility index (Phi) is 7.83. The van der Waals surface area contributed by atoms with Gasteiger partial charge in [0.1, 0.15) is 0 Å². The van der Waals surface area contributed by atoms with Crippen LogP contribution in [0.1, 0.15) is 25.0 Å². The van der Waals surface area contributed by atoms with Crippen molar-refractivity contribution < 1.29 is 0 Å². The van der Waals surface area contributed by atoms with Gasteiger partial charge in [0.05, 0.1) is 8.07 Å². The van der Waals surface area contributed by atoms with Crippen LogP contribution in [0.4, 0.5) is 0 Å². The maximum absolute atomic E-state index is 5.15. The molecule has 256 valence electrons. The van der Waals surface area contributed by atoms with Crippen LogP contribution < -0.4 is 5.19 Å². The number of rotatable bonds is 6. The van der Waals surface area contributed by atoms with Crippen molar-refractivity contribution in [3.05, 3.63) is 169 Å². The van der Waals surface area contributed by atoms with Crippen LogP contribution in [0, 0.1) is 0 Å². The highest BCUT2D eigenvalue weighted by molar-refractivity contribution is 6.88. The Morgan fingerprint density at radius 3 is 1.58 bits per heavy atom. The molecule has 0 fully saturated rings. The van der Waals surface area contributed by atoms with Crippen LogP contribution in [-0.2, 0) is 5.41 Å². The summed E-state index contributed by atoms with van der Waals surface area (Å²) < 4.78 is 0. The molecule has 1 aliphatic rings. The number of hydrogen-bond acceptors (Lipinski definition) is 3. The molecule has 0 amide bonds. The molecular formula is C49H41N3Si. The average Bonchev–Trinajstić information content (AvgIpc) is 3.43. The minimum absolute atomic E-state index is 0.128. The smallest absolute Gasteiger partial charge is 0.164 e. The predicted molar refractivity (Wildman–Crippen MR) is 225 cm³/mol. The molecular weight excluding hydrogens is 659 g/mol. The lowest BCUT2D eigenvalue weighted by molar-refractivity contribution is 0.666. The molecule has 0 N–H and O–H groups in total. The summed E-state index contributed by atoms with van der Waals surface area (Å²) in [6.07, 6.45) is 0. The lowest BCUT2D eigenvalue weighted by Gasteiger charge is -2.23. The van der Waals surface area contributed by atoms with Gasteiger partial charge in [-0.15, -0.1) is 0 Å². The van der Waals surface area contributed by atoms with Crippen molar-refractivity contribution in [2.24, 2.45) is 0 Å². The van der Waals surface area contributed by atoms with Crippen LogP contribution in [0.5, 0.6) is 0 Å². The molecule has 1 heterocycles. The summed E-state index contributed by atoms with van der Waals surface area (Å²) in [6.45, 7) is 11.8. The Hall–Kier alpha value is -5.97. The van der Waals surface area contributed by atoms with Crippen LogP contribution >= 0.6 is 0 Å². The van der Waals surface area contributed by atoms with Gasteiger partial charge in [0.2, 0.25) is 0 Å². The van der Waals surface area contributed by atoms with Gasteiger partial charge >= 0.3 is 0 Å². The molecule has 3 nitrogen and oxygen atoms in total. The first-order valence-corrected chi connectivity index (χ1v) is 21.9. The maximum atomic E-state index is 5.15. The molecule has 9 rings (SSSR count). The van der Waals surface area contributed by atoms with Gasteiger partial charge in [0.15, 0.2) is 17.5 Å². The SMILES string of the molecule is CC1(C)c2cc(-c3cccc(-c4nc(-c5ccc([Si](C)(C)C)cc5)nc(-c5cccc(-c6ccccc6)c5)n4)c3)ccc2-c2ccc3ccccc3c21. The second-order valence-corrected chi connectivity index (χ2v) is 20.8. The van der Waals surface area contributed by atoms with Crippen molar-refractivity contribution in [1.29, 1.82) is 0 Å². The third-order valence-electron chi connectivity index (χ3n) is 10.9. The van der Waals surface area contributed by atoms with E-state index in [1.165, 1.54) is 43.8 Å². The topological polar surface area (TPSA) is 38.7 Å². The molecule has 0 spiro atoms. The van der Waals surface area contributed by atoms with Crippen LogP contribution in [0.2, 0.25) is 19.6 Å². The Morgan fingerprint density at radius 2 is 0.925 bits per heavy atom. The van der Waals surface area contributed by atoms with Gasteiger partial charge in [-0.25, -0.2) is 15.0 Å². The van der Waals surface area contributed by atoms with Gasteiger partial charge in [-0.1, -0.05) is 178 Å². The predicted octanol–water partition coefficient (Wildman–Crippen LogP) is 12.2. The van der Waals surface area contributed by atoms with E-state index in [-0.39, 0.29) is 5.41 Å². The first kappa shape index (κ1) is 32.9. The van der Waals surface area contributed by atoms with Crippen molar-refractivity contribution in [3.63, 3.8) is 0 Å². The average molecular weight is 700 g/mol. The highest BCUT2D eigenvalue weighted by Crippen LogP contribution is 2.52. The third kappa shape index (κ3) is 5.89. The summed E-state index contributed by atoms with van der Waals surface area (Å²) >= 11 is 0. The molecule has 0 atom stereocenters. The molecule has 0 saturated carbocycles. The minimum Gasteiger partial charge on any atom is -0.208 e. The van der Waals surface area contributed by atoms with Crippen LogP contribution in [0.3, 0.4) is 0 Å². The molecule has 0 radical (unpaired) electrons. The van der Waals surface area contributed by atoms with Crippen LogP contribution in [0.25, 0.3) is 78.3 Å². The number of hydrogen-bond donors (Lipinski definition) is 0. The lowest BCUT2D eigenvalue weighted by Crippen LogP contribution is -2.37. The Labute approximate surface area is 313 Å². The van der Waals surface area contributed by atoms with Gasteiger partial charge < -0.3 is 0 Å². The van der Waals surface area contributed by atoms with Crippen molar-refractivity contribution in [3.8, 4) is 67.5 Å². The number of nitrogens with zero attached hydrogens (tertiary/aromatic N) is 3. The first-order chi connectivity index (χ1) is 25.6. The summed E-state index contributed by atoms with van der Waals surface area (Å²) in [5, 5.41) is 4.03. The summed E-state index contributed by atoms with van der Waals surface area (Å²) in [5.74, 6) is 1.99. The lowest BCUT2D eigenvalue weighted by atomic mass is 9.79. The Morgan fingerprint density at radius 1 is 0.415 bits per heavy atom. The quantitative estimate of drug-likeness (QED) is 0.162. The van der Waals surface area contributed by atoms with E-state index in [1.54, 1.807) is 0 Å². The molecule has 0 bridgehead atoms. The molecule has 0 saturated heterocycles. The first-order valence-electron chi connectivity index (χ1n) is 18.4. The van der Waals surface area contributed by atoms with Gasteiger partial charge in [0.25, 0.3) is 0 Å². The fourth-order valence-electron chi connectivity index (χ4n) is 7.97. The summed E-state index contributed by atoms with van der Waals surface area (Å²) in [4.78, 5) is 15.4. The van der Waals surface area contributed by atoms with Gasteiger partial charge in [-0.3, -0.25) is 0 Å². The molecule has 4 heteroatoms. The number of fused-ring (bicyclic) bond motifs is 5. The summed E-state index contributed by atoms with van der Waals surface area (Å²) in [7, 11) is -1.46. The van der Waals surface area contributed by atoms with Gasteiger partial charge in [-0.05, 0) is 73.5 Å². The zero-order valence-electron chi connectivity index (χ0n) is 30.9. The molecule has 1 aromatic heterocycles. The van der Waals surface area contributed by atoms with E-state index in [2.05, 4.69) is 185 Å². The molecule has 7 aromatic carbocycles. The highest BCUT2D eigenvalue weighted by Gasteiger charge is 2.37. The van der Waals surface area contributed by atoms with Crippen molar-refractivity contribution >= 4 is 24.0 Å². The number of benzene rings is 7. The van der Waals surface area contributed by atoms with E-state index < -0.39 is 8.07 Å². The fraction of sp³-hybridized carbons (Fsp3) is 0.122. The second-order valence-electron chi connectivity index (χ2n) is 15.8. The van der Waals surface area contributed by atoms with Gasteiger partial charge in [-0.2, -0.15) is 0 Å². The Balaban J connectivity index is 1.14. The van der Waals surface area contributed by atoms with Crippen LogP contribution in [-0.4, -0.2) is 23.0 Å². The largest absolute Gasteiger partial charge is 0.208 e. The second kappa shape index (κ2) is 12.6. The van der Waals surface area contributed by atoms with E-state index >= 15 is 0 Å². The maximum Gasteiger partial charge on any atom is 0.164 e. The van der Waals surface area contributed by atoms with Crippen molar-refractivity contribution in [2.45, 2.75) is 38.9 Å². The van der Waals surface area contributed by atoms with Crippen molar-refractivity contribution in [1.82, 2.24) is 15.0 Å². The molecule has 8 aromatic rings. The number of aromatic nitrogens is 3.